The van der Waals surface area contributed by atoms with Gasteiger partial charge in [-0.25, -0.2) is 4.98 Å². The molecule has 0 spiro atoms. The van der Waals surface area contributed by atoms with Crippen molar-refractivity contribution in [2.45, 2.75) is 19.4 Å². The van der Waals surface area contributed by atoms with Gasteiger partial charge in [0.15, 0.2) is 0 Å². The number of carbonyl (C=O) groups excluding carboxylic acids is 2. The molecule has 3 aromatic rings. The van der Waals surface area contributed by atoms with Crippen molar-refractivity contribution in [2.24, 2.45) is 5.73 Å². The molecule has 0 saturated heterocycles. The molecule has 0 atom stereocenters. The molecule has 2 aromatic carbocycles. The Balaban J connectivity index is 1.98. The number of fused-ring (bicyclic) bond motifs is 1. The Bertz CT molecular complexity index is 1210. The molecule has 0 saturated carbocycles. The van der Waals surface area contributed by atoms with E-state index in [-0.39, 0.29) is 37.0 Å². The fourth-order valence-electron chi connectivity index (χ4n) is 3.33. The first-order chi connectivity index (χ1) is 15.7. The van der Waals surface area contributed by atoms with Crippen molar-refractivity contribution in [1.29, 1.82) is 5.41 Å². The number of hydrogen-bond donors (Lipinski definition) is 4. The Morgan fingerprint density at radius 2 is 1.76 bits per heavy atom. The third kappa shape index (κ3) is 5.53. The van der Waals surface area contributed by atoms with E-state index in [0.717, 1.165) is 11.1 Å². The lowest BCUT2D eigenvalue weighted by atomic mass is 10.1. The maximum Gasteiger partial charge on any atom is 0.305 e. The summed E-state index contributed by atoms with van der Waals surface area (Å²) in [6, 6.07) is 12.1. The van der Waals surface area contributed by atoms with Crippen molar-refractivity contribution in [3.05, 3.63) is 53.6 Å². The van der Waals surface area contributed by atoms with Crippen LogP contribution in [0.2, 0.25) is 0 Å². The number of rotatable bonds is 9. The summed E-state index contributed by atoms with van der Waals surface area (Å²) in [6.07, 6.45) is 0.108. The van der Waals surface area contributed by atoms with E-state index in [2.05, 4.69) is 5.32 Å². The van der Waals surface area contributed by atoms with Crippen LogP contribution in [0, 0.1) is 5.41 Å². The molecule has 10 heteroatoms. The molecule has 0 unspecified atom stereocenters. The smallest absolute Gasteiger partial charge is 0.305 e. The number of imidazole rings is 1. The van der Waals surface area contributed by atoms with E-state index < -0.39 is 5.97 Å². The van der Waals surface area contributed by atoms with Gasteiger partial charge >= 0.3 is 5.97 Å². The highest BCUT2D eigenvalue weighted by Gasteiger charge is 2.17. The number of hydrogen-bond acceptors (Lipinski definition) is 5. The van der Waals surface area contributed by atoms with Gasteiger partial charge in [-0.15, -0.1) is 0 Å². The number of aromatic nitrogens is 2. The standard InChI is InChI=1S/C23H26N6O4/c1-28(2)19(30)10-12-29-18-8-7-16(23(33)26-11-9-20(31)32)13-17(18)27-22(29)15-5-3-14(4-6-15)21(24)25/h3-8,13H,9-12H2,1-2H3,(H3,24,25)(H,26,33)(H,31,32). The number of carboxylic acids is 1. The maximum absolute atomic E-state index is 12.4. The minimum atomic E-state index is -0.989. The second-order valence-electron chi connectivity index (χ2n) is 7.72. The number of aryl methyl sites for hydroxylation is 1. The molecule has 0 bridgehead atoms. The van der Waals surface area contributed by atoms with Crippen LogP contribution in [0.4, 0.5) is 0 Å². The number of nitrogens with zero attached hydrogens (tertiary/aromatic N) is 3. The van der Waals surface area contributed by atoms with Crippen molar-refractivity contribution in [1.82, 2.24) is 19.8 Å². The summed E-state index contributed by atoms with van der Waals surface area (Å²) in [6.45, 7) is 0.419. The number of carbonyl (C=O) groups is 3. The number of nitrogens with one attached hydrogen (secondary N) is 2. The molecular formula is C23H26N6O4. The number of nitrogen functional groups attached to an aromatic ring is 1. The first-order valence-electron chi connectivity index (χ1n) is 10.3. The molecule has 10 nitrogen and oxygen atoms in total. The van der Waals surface area contributed by atoms with Crippen LogP contribution >= 0.6 is 0 Å². The molecule has 0 fully saturated rings. The molecule has 0 aliphatic heterocycles. The lowest BCUT2D eigenvalue weighted by Gasteiger charge is -2.13. The molecule has 1 aromatic heterocycles. The molecular weight excluding hydrogens is 424 g/mol. The average molecular weight is 450 g/mol. The van der Waals surface area contributed by atoms with E-state index in [0.29, 0.717) is 29.0 Å². The van der Waals surface area contributed by atoms with Crippen molar-refractivity contribution >= 4 is 34.7 Å². The van der Waals surface area contributed by atoms with Gasteiger partial charge < -0.3 is 25.6 Å². The van der Waals surface area contributed by atoms with E-state index in [9.17, 15) is 14.4 Å². The van der Waals surface area contributed by atoms with Crippen molar-refractivity contribution < 1.29 is 19.5 Å². The lowest BCUT2D eigenvalue weighted by Crippen LogP contribution is -2.25. The van der Waals surface area contributed by atoms with Gasteiger partial charge in [0.05, 0.1) is 17.5 Å². The third-order valence-corrected chi connectivity index (χ3v) is 5.14. The molecule has 0 radical (unpaired) electrons. The van der Waals surface area contributed by atoms with Crippen molar-refractivity contribution in [3.8, 4) is 11.4 Å². The first kappa shape index (κ1) is 23.5. The lowest BCUT2D eigenvalue weighted by molar-refractivity contribution is -0.136. The highest BCUT2D eigenvalue weighted by molar-refractivity contribution is 5.98. The zero-order valence-electron chi connectivity index (χ0n) is 18.5. The molecule has 1 heterocycles. The van der Waals surface area contributed by atoms with Crippen LogP contribution in [0.25, 0.3) is 22.4 Å². The zero-order chi connectivity index (χ0) is 24.1. The fourth-order valence-corrected chi connectivity index (χ4v) is 3.33. The first-order valence-corrected chi connectivity index (χ1v) is 10.3. The van der Waals surface area contributed by atoms with Gasteiger partial charge in [0.2, 0.25) is 5.91 Å². The minimum Gasteiger partial charge on any atom is -0.481 e. The Labute approximate surface area is 190 Å². The molecule has 0 aliphatic rings. The molecule has 0 aliphatic carbocycles. The van der Waals surface area contributed by atoms with Gasteiger partial charge in [0, 0.05) is 50.3 Å². The number of amides is 2. The van der Waals surface area contributed by atoms with Crippen LogP contribution < -0.4 is 11.1 Å². The van der Waals surface area contributed by atoms with Crippen molar-refractivity contribution in [3.63, 3.8) is 0 Å². The molecule has 2 amide bonds. The summed E-state index contributed by atoms with van der Waals surface area (Å²) < 4.78 is 1.92. The van der Waals surface area contributed by atoms with Crippen LogP contribution in [-0.2, 0) is 16.1 Å². The summed E-state index contributed by atoms with van der Waals surface area (Å²) in [5, 5.41) is 18.9. The largest absolute Gasteiger partial charge is 0.481 e. The molecule has 172 valence electrons. The Kier molecular flexibility index (Phi) is 7.07. The van der Waals surface area contributed by atoms with Crippen LogP contribution in [0.15, 0.2) is 42.5 Å². The van der Waals surface area contributed by atoms with Gasteiger partial charge in [-0.2, -0.15) is 0 Å². The summed E-state index contributed by atoms with van der Waals surface area (Å²) in [7, 11) is 3.40. The summed E-state index contributed by atoms with van der Waals surface area (Å²) in [5.74, 6) is -0.815. The van der Waals surface area contributed by atoms with Crippen LogP contribution in [0.1, 0.15) is 28.8 Å². The zero-order valence-corrected chi connectivity index (χ0v) is 18.5. The number of aliphatic carboxylic acids is 1. The Morgan fingerprint density at radius 3 is 2.36 bits per heavy atom. The van der Waals surface area contributed by atoms with E-state index in [4.69, 9.17) is 21.2 Å². The van der Waals surface area contributed by atoms with E-state index in [1.807, 2.05) is 16.7 Å². The predicted molar refractivity (Wildman–Crippen MR) is 124 cm³/mol. The fraction of sp³-hybridized carbons (Fsp3) is 0.261. The quantitative estimate of drug-likeness (QED) is 0.287. The van der Waals surface area contributed by atoms with Crippen LogP contribution in [0.3, 0.4) is 0 Å². The van der Waals surface area contributed by atoms with E-state index in [1.165, 1.54) is 4.90 Å². The van der Waals surface area contributed by atoms with Crippen molar-refractivity contribution in [2.75, 3.05) is 20.6 Å². The Hall–Kier alpha value is -4.21. The monoisotopic (exact) mass is 450 g/mol. The average Bonchev–Trinajstić information content (AvgIpc) is 3.14. The van der Waals surface area contributed by atoms with Crippen LogP contribution in [0.5, 0.6) is 0 Å². The Morgan fingerprint density at radius 1 is 1.09 bits per heavy atom. The number of nitrogens with two attached hydrogens (primary N) is 1. The number of carboxylic acid groups (broad SMARTS) is 1. The maximum atomic E-state index is 12.4. The SMILES string of the molecule is CN(C)C(=O)CCn1c(-c2ccc(C(=N)N)cc2)nc2cc(C(=O)NCCC(=O)O)ccc21. The van der Waals surface area contributed by atoms with E-state index in [1.54, 1.807) is 44.4 Å². The summed E-state index contributed by atoms with van der Waals surface area (Å²) in [5.41, 5.74) is 8.61. The summed E-state index contributed by atoms with van der Waals surface area (Å²) in [4.78, 5) is 41.5. The van der Waals surface area contributed by atoms with Gasteiger partial charge in [-0.05, 0) is 18.2 Å². The van der Waals surface area contributed by atoms with Gasteiger partial charge in [-0.3, -0.25) is 19.8 Å². The highest BCUT2D eigenvalue weighted by atomic mass is 16.4. The number of amidine groups is 1. The molecule has 3 rings (SSSR count). The molecule has 33 heavy (non-hydrogen) atoms. The van der Waals surface area contributed by atoms with Gasteiger partial charge in [-0.1, -0.05) is 24.3 Å². The van der Waals surface area contributed by atoms with Gasteiger partial charge in [0.25, 0.3) is 5.91 Å². The van der Waals surface area contributed by atoms with Gasteiger partial charge in [0.1, 0.15) is 11.7 Å². The minimum absolute atomic E-state index is 0.0239. The van der Waals surface area contributed by atoms with Crippen LogP contribution in [-0.4, -0.2) is 63.8 Å². The number of benzene rings is 2. The normalized spacial score (nSPS) is 10.7. The second-order valence-corrected chi connectivity index (χ2v) is 7.72. The third-order valence-electron chi connectivity index (χ3n) is 5.14. The highest BCUT2D eigenvalue weighted by Crippen LogP contribution is 2.26. The van der Waals surface area contributed by atoms with E-state index >= 15 is 0 Å². The predicted octanol–water partition coefficient (Wildman–Crippen LogP) is 1.67. The molecule has 5 N–H and O–H groups in total. The second kappa shape index (κ2) is 9.94. The summed E-state index contributed by atoms with van der Waals surface area (Å²) >= 11 is 0. The topological polar surface area (TPSA) is 154 Å².